The molecule has 1 aromatic carbocycles. The first-order chi connectivity index (χ1) is 7.79. The summed E-state index contributed by atoms with van der Waals surface area (Å²) < 4.78 is 0. The number of aryl methyl sites for hydroxylation is 1. The Morgan fingerprint density at radius 1 is 1.31 bits per heavy atom. The predicted octanol–water partition coefficient (Wildman–Crippen LogP) is 3.74. The summed E-state index contributed by atoms with van der Waals surface area (Å²) in [6.07, 6.45) is 5.72. The molecule has 1 aliphatic carbocycles. The maximum absolute atomic E-state index is 5.79. The molecule has 1 aromatic rings. The van der Waals surface area contributed by atoms with Gasteiger partial charge in [-0.1, -0.05) is 30.5 Å². The van der Waals surface area contributed by atoms with Gasteiger partial charge in [0.05, 0.1) is 0 Å². The molecule has 2 rings (SSSR count). The zero-order valence-electron chi connectivity index (χ0n) is 10.0. The van der Waals surface area contributed by atoms with Crippen LogP contribution in [0.2, 0.25) is 0 Å². The fraction of sp³-hybridized carbons (Fsp3) is 0.571. The highest BCUT2D eigenvalue weighted by atomic mass is 32.2. The fourth-order valence-electron chi connectivity index (χ4n) is 2.39. The molecule has 2 N–H and O–H groups in total. The van der Waals surface area contributed by atoms with Crippen LogP contribution in [0.4, 0.5) is 0 Å². The van der Waals surface area contributed by atoms with E-state index in [1.807, 2.05) is 11.8 Å². The SMILES string of the molecule is Cc1ccc(SCC2CCCC2)c(CN)c1. The molecular weight excluding hydrogens is 214 g/mol. The molecule has 0 atom stereocenters. The highest BCUT2D eigenvalue weighted by Crippen LogP contribution is 2.32. The van der Waals surface area contributed by atoms with Crippen LogP contribution >= 0.6 is 11.8 Å². The van der Waals surface area contributed by atoms with Crippen molar-refractivity contribution >= 4 is 11.8 Å². The first-order valence-electron chi connectivity index (χ1n) is 6.22. The van der Waals surface area contributed by atoms with Crippen LogP contribution in [0.15, 0.2) is 23.1 Å². The van der Waals surface area contributed by atoms with Gasteiger partial charge in [-0.05, 0) is 37.3 Å². The van der Waals surface area contributed by atoms with Gasteiger partial charge >= 0.3 is 0 Å². The van der Waals surface area contributed by atoms with Crippen LogP contribution in [-0.4, -0.2) is 5.75 Å². The minimum absolute atomic E-state index is 0.661. The normalized spacial score (nSPS) is 16.9. The largest absolute Gasteiger partial charge is 0.326 e. The van der Waals surface area contributed by atoms with E-state index in [9.17, 15) is 0 Å². The van der Waals surface area contributed by atoms with E-state index in [2.05, 4.69) is 25.1 Å². The van der Waals surface area contributed by atoms with Crippen LogP contribution in [0, 0.1) is 12.8 Å². The zero-order valence-corrected chi connectivity index (χ0v) is 10.9. The maximum Gasteiger partial charge on any atom is 0.0189 e. The molecule has 1 saturated carbocycles. The summed E-state index contributed by atoms with van der Waals surface area (Å²) in [6.45, 7) is 2.79. The molecule has 0 aliphatic heterocycles. The standard InChI is InChI=1S/C14H21NS/c1-11-6-7-14(13(8-11)9-15)16-10-12-4-2-3-5-12/h6-8,12H,2-5,9-10,15H2,1H3. The van der Waals surface area contributed by atoms with Crippen LogP contribution in [0.25, 0.3) is 0 Å². The second-order valence-electron chi connectivity index (χ2n) is 4.78. The van der Waals surface area contributed by atoms with E-state index in [1.165, 1.54) is 47.5 Å². The average molecular weight is 235 g/mol. The third-order valence-corrected chi connectivity index (χ3v) is 4.73. The van der Waals surface area contributed by atoms with Gasteiger partial charge in [-0.15, -0.1) is 11.8 Å². The van der Waals surface area contributed by atoms with Crippen LogP contribution in [0.3, 0.4) is 0 Å². The molecule has 0 saturated heterocycles. The van der Waals surface area contributed by atoms with Gasteiger partial charge in [0.2, 0.25) is 0 Å². The quantitative estimate of drug-likeness (QED) is 0.805. The Morgan fingerprint density at radius 2 is 2.06 bits per heavy atom. The third-order valence-electron chi connectivity index (χ3n) is 3.39. The first-order valence-corrected chi connectivity index (χ1v) is 7.20. The van der Waals surface area contributed by atoms with Crippen molar-refractivity contribution in [1.82, 2.24) is 0 Å². The van der Waals surface area contributed by atoms with E-state index in [0.717, 1.165) is 5.92 Å². The number of rotatable bonds is 4. The molecule has 2 heteroatoms. The second kappa shape index (κ2) is 5.74. The lowest BCUT2D eigenvalue weighted by molar-refractivity contribution is 0.623. The summed E-state index contributed by atoms with van der Waals surface area (Å²) in [5.74, 6) is 2.22. The van der Waals surface area contributed by atoms with Crippen LogP contribution in [0.5, 0.6) is 0 Å². The minimum Gasteiger partial charge on any atom is -0.326 e. The Morgan fingerprint density at radius 3 is 2.75 bits per heavy atom. The van der Waals surface area contributed by atoms with E-state index >= 15 is 0 Å². The Bertz CT molecular complexity index is 343. The molecule has 1 aliphatic rings. The molecule has 0 radical (unpaired) electrons. The van der Waals surface area contributed by atoms with E-state index in [-0.39, 0.29) is 0 Å². The second-order valence-corrected chi connectivity index (χ2v) is 5.84. The monoisotopic (exact) mass is 235 g/mol. The smallest absolute Gasteiger partial charge is 0.0189 e. The Hall–Kier alpha value is -0.470. The average Bonchev–Trinajstić information content (AvgIpc) is 2.80. The highest BCUT2D eigenvalue weighted by Gasteiger charge is 2.15. The Labute approximate surface area is 103 Å². The van der Waals surface area contributed by atoms with Crippen molar-refractivity contribution < 1.29 is 0 Å². The molecule has 0 spiro atoms. The van der Waals surface area contributed by atoms with Crippen molar-refractivity contribution in [3.05, 3.63) is 29.3 Å². The van der Waals surface area contributed by atoms with Gasteiger partial charge in [-0.25, -0.2) is 0 Å². The van der Waals surface area contributed by atoms with E-state index in [0.29, 0.717) is 6.54 Å². The first kappa shape index (κ1) is 12.0. The molecule has 1 nitrogen and oxygen atoms in total. The number of benzene rings is 1. The van der Waals surface area contributed by atoms with Crippen molar-refractivity contribution in [2.24, 2.45) is 11.7 Å². The van der Waals surface area contributed by atoms with Gasteiger partial charge in [0.1, 0.15) is 0 Å². The number of thioether (sulfide) groups is 1. The van der Waals surface area contributed by atoms with Crippen molar-refractivity contribution in [1.29, 1.82) is 0 Å². The van der Waals surface area contributed by atoms with Crippen LogP contribution in [-0.2, 0) is 6.54 Å². The van der Waals surface area contributed by atoms with Crippen molar-refractivity contribution in [2.45, 2.75) is 44.0 Å². The van der Waals surface area contributed by atoms with E-state index in [4.69, 9.17) is 5.73 Å². The van der Waals surface area contributed by atoms with Crippen LogP contribution in [0.1, 0.15) is 36.8 Å². The zero-order chi connectivity index (χ0) is 11.4. The summed E-state index contributed by atoms with van der Waals surface area (Å²) in [4.78, 5) is 1.39. The van der Waals surface area contributed by atoms with Crippen molar-refractivity contribution in [3.8, 4) is 0 Å². The van der Waals surface area contributed by atoms with E-state index in [1.54, 1.807) is 0 Å². The lowest BCUT2D eigenvalue weighted by Crippen LogP contribution is -2.01. The molecule has 0 bridgehead atoms. The van der Waals surface area contributed by atoms with Gasteiger partial charge in [0.25, 0.3) is 0 Å². The van der Waals surface area contributed by atoms with Gasteiger partial charge in [0.15, 0.2) is 0 Å². The molecule has 0 aromatic heterocycles. The molecule has 0 heterocycles. The number of nitrogens with two attached hydrogens (primary N) is 1. The summed E-state index contributed by atoms with van der Waals surface area (Å²) in [5.41, 5.74) is 8.41. The van der Waals surface area contributed by atoms with E-state index < -0.39 is 0 Å². The lowest BCUT2D eigenvalue weighted by atomic mass is 10.1. The lowest BCUT2D eigenvalue weighted by Gasteiger charge is -2.11. The van der Waals surface area contributed by atoms with Crippen molar-refractivity contribution in [2.75, 3.05) is 5.75 Å². The molecule has 16 heavy (non-hydrogen) atoms. The van der Waals surface area contributed by atoms with Crippen molar-refractivity contribution in [3.63, 3.8) is 0 Å². The summed E-state index contributed by atoms with van der Waals surface area (Å²) in [7, 11) is 0. The number of hydrogen-bond donors (Lipinski definition) is 1. The van der Waals surface area contributed by atoms with Gasteiger partial charge in [-0.3, -0.25) is 0 Å². The van der Waals surface area contributed by atoms with Gasteiger partial charge < -0.3 is 5.73 Å². The highest BCUT2D eigenvalue weighted by molar-refractivity contribution is 7.99. The summed E-state index contributed by atoms with van der Waals surface area (Å²) in [5, 5.41) is 0. The van der Waals surface area contributed by atoms with Gasteiger partial charge in [0, 0.05) is 17.2 Å². The number of hydrogen-bond acceptors (Lipinski definition) is 2. The summed E-state index contributed by atoms with van der Waals surface area (Å²) in [6, 6.07) is 6.64. The van der Waals surface area contributed by atoms with Crippen LogP contribution < -0.4 is 5.73 Å². The Balaban J connectivity index is 1.97. The Kier molecular flexibility index (Phi) is 4.30. The molecule has 88 valence electrons. The van der Waals surface area contributed by atoms with Gasteiger partial charge in [-0.2, -0.15) is 0 Å². The predicted molar refractivity (Wildman–Crippen MR) is 71.8 cm³/mol. The molecule has 0 amide bonds. The molecular formula is C14H21NS. The third kappa shape index (κ3) is 3.02. The maximum atomic E-state index is 5.79. The minimum atomic E-state index is 0.661. The molecule has 1 fully saturated rings. The summed E-state index contributed by atoms with van der Waals surface area (Å²) >= 11 is 2.00. The molecule has 0 unspecified atom stereocenters. The topological polar surface area (TPSA) is 26.0 Å². The fourth-order valence-corrected chi connectivity index (χ4v) is 3.63.